The molecular formula is C101H133B3ClF2IN4O20S2. The summed E-state index contributed by atoms with van der Waals surface area (Å²) in [5, 5.41) is 3.29. The second-order valence-electron chi connectivity index (χ2n) is 40.3. The fourth-order valence-corrected chi connectivity index (χ4v) is 21.0. The summed E-state index contributed by atoms with van der Waals surface area (Å²) in [7, 11) is -4.36. The van der Waals surface area contributed by atoms with Gasteiger partial charge in [-0.1, -0.05) is 60.7 Å². The molecule has 0 spiro atoms. The molecule has 726 valence electrons. The maximum Gasteiger partial charge on any atom is 0.490 e. The summed E-state index contributed by atoms with van der Waals surface area (Å²) >= 11 is 2.33. The van der Waals surface area contributed by atoms with E-state index in [1.54, 1.807) is 11.0 Å². The summed E-state index contributed by atoms with van der Waals surface area (Å²) in [5.41, 5.74) is 17.5. The quantitative estimate of drug-likeness (QED) is 0.0408. The molecule has 0 bridgehead atoms. The first-order valence-electron chi connectivity index (χ1n) is 46.2. The Bertz CT molecular complexity index is 5690. The number of amides is 1. The fraction of sp³-hybridized carbons (Fsp3) is 0.535. The SMILES string of the molecule is CC(C)(C)OC(=O)N1CC=C(B2OC(C)(C)C(C)(C)O2)CC1.CC1(C)OB(C2=CCN(S(C)(=O)=O)CC2)OC1(C)C.CC1(C)OB(C2=CCNCC2)OC1(C)C.COC(=O)C[C@@H]1COc2cc(O[C@@H]3CCc4c(-c5c(C)cc(C6=CCN(S(C)(=O)=O)CC6)cc5C)ccc(F)c43)ccc21.COC(=O)C[C@@H]1COc2cc(O[C@@H]3CCc4c(-c5c(C)cc(I)cc5C)ccc(F)c43)ccc21.Cl. The van der Waals surface area contributed by atoms with Crippen LogP contribution in [0.3, 0.4) is 0 Å². The van der Waals surface area contributed by atoms with E-state index in [2.05, 4.69) is 114 Å². The van der Waals surface area contributed by atoms with Gasteiger partial charge in [0.1, 0.15) is 52.4 Å². The summed E-state index contributed by atoms with van der Waals surface area (Å²) in [6, 6.07) is 26.8. The van der Waals surface area contributed by atoms with Crippen LogP contribution in [-0.4, -0.2) is 201 Å². The molecule has 0 unspecified atom stereocenters. The topological polar surface area (TPSA) is 261 Å². The number of hydrogen-bond acceptors (Lipinski definition) is 21. The number of rotatable bonds is 16. The Morgan fingerprint density at radius 3 is 1.25 bits per heavy atom. The van der Waals surface area contributed by atoms with Crippen LogP contribution >= 0.6 is 35.0 Å². The van der Waals surface area contributed by atoms with E-state index in [4.69, 9.17) is 61.1 Å². The number of aryl methyl sites for hydroxylation is 4. The van der Waals surface area contributed by atoms with E-state index in [0.717, 1.165) is 105 Å². The highest BCUT2D eigenvalue weighted by molar-refractivity contribution is 14.1. The summed E-state index contributed by atoms with van der Waals surface area (Å²) < 4.78 is 157. The van der Waals surface area contributed by atoms with Crippen LogP contribution in [0.25, 0.3) is 27.8 Å². The number of halogens is 4. The van der Waals surface area contributed by atoms with Crippen LogP contribution in [0.4, 0.5) is 13.6 Å². The minimum atomic E-state index is -3.21. The Hall–Kier alpha value is -7.70. The van der Waals surface area contributed by atoms with Crippen molar-refractivity contribution in [3.63, 3.8) is 0 Å². The van der Waals surface area contributed by atoms with Crippen LogP contribution in [0.5, 0.6) is 23.0 Å². The van der Waals surface area contributed by atoms with E-state index in [0.29, 0.717) is 119 Å². The monoisotopic (exact) mass is 2020 g/mol. The van der Waals surface area contributed by atoms with Gasteiger partial charge in [0.15, 0.2) is 0 Å². The second kappa shape index (κ2) is 41.8. The third-order valence-electron chi connectivity index (χ3n) is 28.1. The smallest absolute Gasteiger partial charge is 0.490 e. The Morgan fingerprint density at radius 1 is 0.507 bits per heavy atom. The van der Waals surface area contributed by atoms with Gasteiger partial charge in [0.05, 0.1) is 86.4 Å². The van der Waals surface area contributed by atoms with Gasteiger partial charge in [0, 0.05) is 95.6 Å². The first-order valence-corrected chi connectivity index (χ1v) is 51.0. The van der Waals surface area contributed by atoms with Crippen LogP contribution in [-0.2, 0) is 84.6 Å². The molecule has 0 aromatic heterocycles. The average molecular weight is 2020 g/mol. The molecule has 2 aliphatic carbocycles. The highest BCUT2D eigenvalue weighted by atomic mass is 127. The number of esters is 2. The standard InChI is InChI=1S/C34H36FNO6S.C28H26FIO4.C16H28BNO4.C12H22BNO4S.C11H20BNO2.ClH/c1-20-15-23(22-11-13-36(14-12-22)43(4,38)39)16-21(2)33(20)27-7-9-29(35)34-28(27)8-10-30(34)42-25-5-6-26-24(17-32(37)40-3)19-41-31(26)18-25;1-15-10-18(30)11-16(2)27(15)21-6-8-23(29)28-22(21)7-9-24(28)34-19-4-5-20-17(12-26(31)32-3)14-33-25(20)13-19;1-14(2,3)20-13(19)18-10-8-12(9-11-18)17-21-15(4,5)16(6,7)22-17;1-11(2)12(3,4)18-13(17-11)10-6-8-14(9-7-10)19(5,15)16;1-10(2)11(3,4)15-12(14-10)9-5-7-13-8-6-9;/h5-7,9,11,15-16,18,24,30H,8,10,12-14,17,19H2,1-4H3;4-6,8,10-11,13,17,24H,7,9,12,14H2,1-3H3;8H,9-11H2,1-7H3;6H,7-9H2,1-5H3;5,13H,6-8H2,1-4H3;1H/t24-,30-;17-,24-;;;;/m11..../s1. The van der Waals surface area contributed by atoms with E-state index < -0.39 is 31.8 Å². The van der Waals surface area contributed by atoms with Gasteiger partial charge in [0.25, 0.3) is 0 Å². The van der Waals surface area contributed by atoms with Crippen LogP contribution in [0.2, 0.25) is 0 Å². The molecule has 0 saturated carbocycles. The number of ether oxygens (including phenoxy) is 7. The lowest BCUT2D eigenvalue weighted by molar-refractivity contribution is -0.142. The van der Waals surface area contributed by atoms with Gasteiger partial charge in [-0.3, -0.25) is 9.59 Å². The number of fused-ring (bicyclic) bond motifs is 4. The number of benzene rings is 6. The highest BCUT2D eigenvalue weighted by Crippen LogP contribution is 2.50. The van der Waals surface area contributed by atoms with E-state index >= 15 is 8.78 Å². The molecular weight excluding hydrogens is 1890 g/mol. The Morgan fingerprint density at radius 2 is 0.896 bits per heavy atom. The minimum Gasteiger partial charge on any atom is -0.492 e. The molecule has 24 nitrogen and oxygen atoms in total. The average Bonchev–Trinajstić information content (AvgIpc) is 1.55. The Labute approximate surface area is 812 Å². The summed E-state index contributed by atoms with van der Waals surface area (Å²) in [4.78, 5) is 37.2. The molecule has 1 amide bonds. The zero-order chi connectivity index (χ0) is 96.8. The van der Waals surface area contributed by atoms with Gasteiger partial charge in [-0.05, 0) is 332 Å². The predicted molar refractivity (Wildman–Crippen MR) is 531 cm³/mol. The molecule has 0 radical (unpaired) electrons. The predicted octanol–water partition coefficient (Wildman–Crippen LogP) is 19.4. The summed E-state index contributed by atoms with van der Waals surface area (Å²) in [6.07, 6.45) is 16.0. The van der Waals surface area contributed by atoms with Gasteiger partial charge in [0.2, 0.25) is 20.0 Å². The van der Waals surface area contributed by atoms with Crippen molar-refractivity contribution in [3.05, 3.63) is 202 Å². The van der Waals surface area contributed by atoms with E-state index in [9.17, 15) is 31.2 Å². The van der Waals surface area contributed by atoms with E-state index in [1.165, 1.54) is 67.1 Å². The van der Waals surface area contributed by atoms with Crippen LogP contribution in [0.1, 0.15) is 240 Å². The molecule has 3 saturated heterocycles. The van der Waals surface area contributed by atoms with Crippen molar-refractivity contribution in [1.82, 2.24) is 18.8 Å². The number of hydrogen-bond donors (Lipinski definition) is 1. The number of sulfonamides is 2. The minimum absolute atomic E-state index is 0. The molecule has 134 heavy (non-hydrogen) atoms. The molecule has 4 atom stereocenters. The summed E-state index contributed by atoms with van der Waals surface area (Å²) in [6.45, 7) is 44.3. The normalized spacial score (nSPS) is 22.1. The number of methoxy groups -OCH3 is 2. The lowest BCUT2D eigenvalue weighted by atomic mass is 9.75. The van der Waals surface area contributed by atoms with Crippen molar-refractivity contribution < 1.29 is 101 Å². The zero-order valence-corrected chi connectivity index (χ0v) is 86.5. The molecule has 11 aliphatic rings. The van der Waals surface area contributed by atoms with Crippen LogP contribution in [0, 0.1) is 42.9 Å². The maximum absolute atomic E-state index is 15.4. The van der Waals surface area contributed by atoms with Gasteiger partial charge in [-0.25, -0.2) is 30.4 Å². The van der Waals surface area contributed by atoms with E-state index in [-0.39, 0.29) is 128 Å². The van der Waals surface area contributed by atoms with Crippen molar-refractivity contribution in [2.45, 2.75) is 259 Å². The third kappa shape index (κ3) is 24.1. The van der Waals surface area contributed by atoms with Crippen molar-refractivity contribution >= 4 is 100 Å². The molecule has 9 heterocycles. The van der Waals surface area contributed by atoms with Crippen molar-refractivity contribution in [3.8, 4) is 45.3 Å². The Balaban J connectivity index is 0.000000159. The highest BCUT2D eigenvalue weighted by Gasteiger charge is 2.55. The van der Waals surface area contributed by atoms with Crippen LogP contribution in [0.15, 0.2) is 126 Å². The van der Waals surface area contributed by atoms with Crippen molar-refractivity contribution in [2.24, 2.45) is 0 Å². The zero-order valence-electron chi connectivity index (χ0n) is 81.9. The van der Waals surface area contributed by atoms with Gasteiger partial charge >= 0.3 is 39.4 Å². The lowest BCUT2D eigenvalue weighted by Gasteiger charge is -2.32. The first kappa shape index (κ1) is 105. The molecule has 6 aromatic carbocycles. The largest absolute Gasteiger partial charge is 0.492 e. The molecule has 17 rings (SSSR count). The summed E-state index contributed by atoms with van der Waals surface area (Å²) in [5.74, 6) is 1.53. The first-order chi connectivity index (χ1) is 62.2. The Kier molecular flexibility index (Phi) is 32.8. The fourth-order valence-electron chi connectivity index (χ4n) is 18.5. The van der Waals surface area contributed by atoms with Crippen LogP contribution < -0.4 is 24.3 Å². The number of carbonyl (C=O) groups is 3. The van der Waals surface area contributed by atoms with E-state index in [1.807, 2.05) is 143 Å². The molecule has 33 heteroatoms. The third-order valence-corrected chi connectivity index (χ3v) is 31.2. The number of carbonyl (C=O) groups excluding carboxylic acids is 3. The molecule has 6 aromatic rings. The lowest BCUT2D eigenvalue weighted by Crippen LogP contribution is -2.41. The number of nitrogens with one attached hydrogen (secondary N) is 1. The molecule has 9 aliphatic heterocycles. The van der Waals surface area contributed by atoms with Crippen molar-refractivity contribution in [2.75, 3.05) is 92.3 Å². The number of nitrogens with zero attached hydrogens (tertiary/aromatic N) is 3. The van der Waals surface area contributed by atoms with Gasteiger partial charge in [-0.15, -0.1) is 12.4 Å². The second-order valence-corrected chi connectivity index (χ2v) is 45.6. The van der Waals surface area contributed by atoms with Gasteiger partial charge in [-0.2, -0.15) is 8.61 Å². The molecule has 3 fully saturated rings. The van der Waals surface area contributed by atoms with Crippen molar-refractivity contribution in [1.29, 1.82) is 0 Å². The molecule has 1 N–H and O–H groups in total. The maximum atomic E-state index is 15.4. The van der Waals surface area contributed by atoms with Gasteiger partial charge < -0.3 is 71.3 Å².